The monoisotopic (exact) mass is 307 g/mol. The number of piperidine rings is 1. The maximum Gasteiger partial charge on any atom is 0.293 e. The summed E-state index contributed by atoms with van der Waals surface area (Å²) in [5, 5.41) is 12.4. The summed E-state index contributed by atoms with van der Waals surface area (Å²) in [6, 6.07) is 4.60. The Balaban J connectivity index is 2.35. The number of nitro groups is 1. The quantitative estimate of drug-likeness (QED) is 0.631. The molecule has 0 spiro atoms. The molecule has 0 aliphatic carbocycles. The van der Waals surface area contributed by atoms with Gasteiger partial charge in [0.25, 0.3) is 11.6 Å². The summed E-state index contributed by atoms with van der Waals surface area (Å²) >= 11 is 0. The third-order valence-corrected chi connectivity index (χ3v) is 3.98. The summed E-state index contributed by atoms with van der Waals surface area (Å²) in [5.74, 6) is 0.0958. The summed E-state index contributed by atoms with van der Waals surface area (Å²) in [7, 11) is 2.84. The van der Waals surface area contributed by atoms with E-state index in [9.17, 15) is 14.9 Å². The smallest absolute Gasteiger partial charge is 0.293 e. The van der Waals surface area contributed by atoms with Crippen LogP contribution in [0, 0.1) is 16.0 Å². The molecule has 1 saturated heterocycles. The minimum absolute atomic E-state index is 0.0375. The van der Waals surface area contributed by atoms with Crippen LogP contribution in [0.15, 0.2) is 18.2 Å². The highest BCUT2D eigenvalue weighted by molar-refractivity contribution is 5.95. The van der Waals surface area contributed by atoms with Gasteiger partial charge in [-0.05, 0) is 30.9 Å². The number of carbonyl (C=O) groups excluding carboxylic acids is 1. The molecule has 2 rings (SSSR count). The third kappa shape index (κ3) is 3.36. The van der Waals surface area contributed by atoms with Crippen LogP contribution in [0.3, 0.4) is 0 Å². The standard InChI is InChI=1S/C15H21N3O4/c1-11-5-4-8-17(10-11)13-7-6-12(9-14(13)18(20)21)15(19)16(2)22-3/h6-7,9,11H,4-5,8,10H2,1-3H3/t11-/m1/s1. The van der Waals surface area contributed by atoms with Gasteiger partial charge in [0, 0.05) is 31.8 Å². The average molecular weight is 307 g/mol. The fraction of sp³-hybridized carbons (Fsp3) is 0.533. The van der Waals surface area contributed by atoms with Crippen LogP contribution in [0.1, 0.15) is 30.1 Å². The van der Waals surface area contributed by atoms with Gasteiger partial charge in [0.1, 0.15) is 5.69 Å². The molecule has 7 nitrogen and oxygen atoms in total. The molecule has 1 atom stereocenters. The van der Waals surface area contributed by atoms with Crippen LogP contribution in [0.4, 0.5) is 11.4 Å². The number of benzene rings is 1. The van der Waals surface area contributed by atoms with Crippen LogP contribution in [0.2, 0.25) is 0 Å². The molecule has 1 heterocycles. The van der Waals surface area contributed by atoms with E-state index in [-0.39, 0.29) is 11.3 Å². The number of hydrogen-bond donors (Lipinski definition) is 0. The predicted octanol–water partition coefficient (Wildman–Crippen LogP) is 2.46. The van der Waals surface area contributed by atoms with Crippen molar-refractivity contribution in [3.05, 3.63) is 33.9 Å². The van der Waals surface area contributed by atoms with E-state index in [4.69, 9.17) is 4.84 Å². The van der Waals surface area contributed by atoms with Crippen molar-refractivity contribution in [1.82, 2.24) is 5.06 Å². The van der Waals surface area contributed by atoms with Gasteiger partial charge in [-0.2, -0.15) is 0 Å². The number of amides is 1. The highest BCUT2D eigenvalue weighted by atomic mass is 16.7. The first-order valence-electron chi connectivity index (χ1n) is 7.29. The molecule has 1 amide bonds. The molecule has 0 saturated carbocycles. The number of hydroxylamine groups is 2. The Bertz CT molecular complexity index is 576. The lowest BCUT2D eigenvalue weighted by Crippen LogP contribution is -2.34. The van der Waals surface area contributed by atoms with Crippen molar-refractivity contribution in [1.29, 1.82) is 0 Å². The minimum atomic E-state index is -0.432. The lowest BCUT2D eigenvalue weighted by Gasteiger charge is -2.32. The van der Waals surface area contributed by atoms with Crippen molar-refractivity contribution in [2.75, 3.05) is 32.1 Å². The van der Waals surface area contributed by atoms with E-state index in [1.54, 1.807) is 12.1 Å². The lowest BCUT2D eigenvalue weighted by molar-refractivity contribution is -0.384. The molecule has 1 aliphatic heterocycles. The van der Waals surface area contributed by atoms with Crippen molar-refractivity contribution in [3.63, 3.8) is 0 Å². The summed E-state index contributed by atoms with van der Waals surface area (Å²) in [5.41, 5.74) is 0.780. The van der Waals surface area contributed by atoms with E-state index in [1.165, 1.54) is 20.2 Å². The zero-order valence-electron chi connectivity index (χ0n) is 13.1. The summed E-state index contributed by atoms with van der Waals surface area (Å²) < 4.78 is 0. The summed E-state index contributed by atoms with van der Waals surface area (Å²) in [6.45, 7) is 3.74. The van der Waals surface area contributed by atoms with Crippen molar-refractivity contribution in [2.24, 2.45) is 5.92 Å². The Labute approximate surface area is 129 Å². The zero-order chi connectivity index (χ0) is 16.3. The van der Waals surface area contributed by atoms with Gasteiger partial charge in [0.2, 0.25) is 0 Å². The highest BCUT2D eigenvalue weighted by Crippen LogP contribution is 2.32. The number of anilines is 1. The van der Waals surface area contributed by atoms with Gasteiger partial charge in [0.05, 0.1) is 12.0 Å². The summed E-state index contributed by atoms with van der Waals surface area (Å²) in [4.78, 5) is 29.9. The van der Waals surface area contributed by atoms with Crippen LogP contribution < -0.4 is 4.90 Å². The number of hydrogen-bond acceptors (Lipinski definition) is 5. The van der Waals surface area contributed by atoms with Gasteiger partial charge in [-0.3, -0.25) is 19.7 Å². The minimum Gasteiger partial charge on any atom is -0.366 e. The largest absolute Gasteiger partial charge is 0.366 e. The van der Waals surface area contributed by atoms with E-state index in [2.05, 4.69) is 6.92 Å². The van der Waals surface area contributed by atoms with Gasteiger partial charge in [-0.15, -0.1) is 0 Å². The Hall–Kier alpha value is -2.15. The molecule has 0 aromatic heterocycles. The van der Waals surface area contributed by atoms with Crippen molar-refractivity contribution in [2.45, 2.75) is 19.8 Å². The Morgan fingerprint density at radius 3 is 2.82 bits per heavy atom. The van der Waals surface area contributed by atoms with Crippen LogP contribution in [-0.2, 0) is 4.84 Å². The van der Waals surface area contributed by atoms with Crippen molar-refractivity contribution in [3.8, 4) is 0 Å². The molecule has 0 unspecified atom stereocenters. The van der Waals surface area contributed by atoms with Gasteiger partial charge in [-0.25, -0.2) is 5.06 Å². The maximum absolute atomic E-state index is 12.1. The zero-order valence-corrected chi connectivity index (χ0v) is 13.1. The SMILES string of the molecule is CON(C)C(=O)c1ccc(N2CCC[C@@H](C)C2)c([N+](=O)[O-])c1. The van der Waals surface area contributed by atoms with Crippen LogP contribution in [0.5, 0.6) is 0 Å². The van der Waals surface area contributed by atoms with Gasteiger partial charge in [0.15, 0.2) is 0 Å². The first-order valence-corrected chi connectivity index (χ1v) is 7.29. The third-order valence-electron chi connectivity index (χ3n) is 3.98. The van der Waals surface area contributed by atoms with Crippen molar-refractivity contribution < 1.29 is 14.6 Å². The molecule has 1 fully saturated rings. The van der Waals surface area contributed by atoms with Gasteiger partial charge < -0.3 is 4.90 Å². The van der Waals surface area contributed by atoms with E-state index in [1.807, 2.05) is 4.90 Å². The second-order valence-electron chi connectivity index (χ2n) is 5.64. The van der Waals surface area contributed by atoms with Crippen molar-refractivity contribution >= 4 is 17.3 Å². The van der Waals surface area contributed by atoms with Crippen LogP contribution in [-0.4, -0.2) is 43.1 Å². The predicted molar refractivity (Wildman–Crippen MR) is 82.8 cm³/mol. The molecule has 1 aromatic rings. The first-order chi connectivity index (χ1) is 10.4. The number of rotatable bonds is 4. The lowest BCUT2D eigenvalue weighted by atomic mass is 9.99. The molecule has 0 radical (unpaired) electrons. The molecular weight excluding hydrogens is 286 g/mol. The molecule has 0 N–H and O–H groups in total. The molecule has 1 aromatic carbocycles. The molecular formula is C15H21N3O4. The Kier molecular flexibility index (Phi) is 4.97. The second-order valence-corrected chi connectivity index (χ2v) is 5.64. The number of nitrogens with zero attached hydrogens (tertiary/aromatic N) is 3. The fourth-order valence-corrected chi connectivity index (χ4v) is 2.74. The fourth-order valence-electron chi connectivity index (χ4n) is 2.74. The van der Waals surface area contributed by atoms with E-state index in [0.29, 0.717) is 11.6 Å². The molecule has 7 heteroatoms. The molecule has 22 heavy (non-hydrogen) atoms. The Morgan fingerprint density at radius 1 is 1.50 bits per heavy atom. The normalized spacial score (nSPS) is 18.1. The average Bonchev–Trinajstić information content (AvgIpc) is 2.52. The molecule has 0 bridgehead atoms. The summed E-state index contributed by atoms with van der Waals surface area (Å²) in [6.07, 6.45) is 2.16. The van der Waals surface area contributed by atoms with E-state index < -0.39 is 10.8 Å². The van der Waals surface area contributed by atoms with Crippen LogP contribution in [0.25, 0.3) is 0 Å². The van der Waals surface area contributed by atoms with Crippen LogP contribution >= 0.6 is 0 Å². The van der Waals surface area contributed by atoms with E-state index in [0.717, 1.165) is 31.0 Å². The number of carbonyl (C=O) groups is 1. The van der Waals surface area contributed by atoms with E-state index >= 15 is 0 Å². The topological polar surface area (TPSA) is 75.9 Å². The Morgan fingerprint density at radius 2 is 2.23 bits per heavy atom. The van der Waals surface area contributed by atoms with Gasteiger partial charge >= 0.3 is 0 Å². The van der Waals surface area contributed by atoms with Gasteiger partial charge in [-0.1, -0.05) is 6.92 Å². The molecule has 120 valence electrons. The second kappa shape index (κ2) is 6.74. The first kappa shape index (κ1) is 16.2. The molecule has 1 aliphatic rings. The maximum atomic E-state index is 12.1. The highest BCUT2D eigenvalue weighted by Gasteiger charge is 2.25. The number of nitro benzene ring substituents is 1.